The van der Waals surface area contributed by atoms with E-state index in [0.717, 1.165) is 0 Å². The van der Waals surface area contributed by atoms with Crippen LogP contribution in [0.3, 0.4) is 0 Å². The lowest BCUT2D eigenvalue weighted by molar-refractivity contribution is 1.64. The molecule has 0 aliphatic heterocycles. The fourth-order valence-electron chi connectivity index (χ4n) is 4.58. The molecule has 0 amide bonds. The van der Waals surface area contributed by atoms with Gasteiger partial charge in [-0.3, -0.25) is 0 Å². The average molecular weight is 380 g/mol. The molecule has 0 spiro atoms. The third-order valence-corrected chi connectivity index (χ3v) is 6.05. The minimum atomic E-state index is 1.25. The van der Waals surface area contributed by atoms with Crippen molar-refractivity contribution < 1.29 is 0 Å². The summed E-state index contributed by atoms with van der Waals surface area (Å²) in [5, 5.41) is 7.86. The Morgan fingerprint density at radius 3 is 1.03 bits per heavy atom. The predicted molar refractivity (Wildman–Crippen MR) is 130 cm³/mol. The highest BCUT2D eigenvalue weighted by atomic mass is 14.1. The van der Waals surface area contributed by atoms with E-state index in [1.54, 1.807) is 0 Å². The van der Waals surface area contributed by atoms with E-state index in [4.69, 9.17) is 0 Å². The molecule has 140 valence electrons. The van der Waals surface area contributed by atoms with Crippen molar-refractivity contribution in [3.05, 3.63) is 121 Å². The van der Waals surface area contributed by atoms with Gasteiger partial charge < -0.3 is 0 Å². The van der Waals surface area contributed by atoms with Gasteiger partial charge in [-0.15, -0.1) is 0 Å². The molecule has 6 aromatic rings. The highest BCUT2D eigenvalue weighted by molar-refractivity contribution is 6.26. The van der Waals surface area contributed by atoms with Gasteiger partial charge in [0.1, 0.15) is 0 Å². The van der Waals surface area contributed by atoms with Crippen molar-refractivity contribution >= 4 is 32.3 Å². The van der Waals surface area contributed by atoms with E-state index in [0.29, 0.717) is 0 Å². The summed E-state index contributed by atoms with van der Waals surface area (Å²) in [6, 6.07) is 43.8. The summed E-state index contributed by atoms with van der Waals surface area (Å²) < 4.78 is 0. The Morgan fingerprint density at radius 1 is 0.233 bits per heavy atom. The van der Waals surface area contributed by atoms with E-state index in [1.165, 1.54) is 54.6 Å². The molecule has 0 saturated carbocycles. The zero-order chi connectivity index (χ0) is 19.9. The van der Waals surface area contributed by atoms with Crippen molar-refractivity contribution in [3.8, 4) is 22.3 Å². The van der Waals surface area contributed by atoms with Crippen LogP contribution in [0.5, 0.6) is 0 Å². The largest absolute Gasteiger partial charge is 0.0622 e. The molecule has 0 radical (unpaired) electrons. The second kappa shape index (κ2) is 6.86. The molecule has 6 rings (SSSR count). The van der Waals surface area contributed by atoms with Gasteiger partial charge in [0.05, 0.1) is 0 Å². The van der Waals surface area contributed by atoms with E-state index in [-0.39, 0.29) is 0 Å². The Labute approximate surface area is 176 Å². The zero-order valence-corrected chi connectivity index (χ0v) is 16.5. The van der Waals surface area contributed by atoms with Crippen LogP contribution in [0.15, 0.2) is 121 Å². The molecular weight excluding hydrogens is 360 g/mol. The first-order valence-electron chi connectivity index (χ1n) is 10.4. The topological polar surface area (TPSA) is 0 Å². The summed E-state index contributed by atoms with van der Waals surface area (Å²) in [5.74, 6) is 0. The molecule has 0 N–H and O–H groups in total. The Balaban J connectivity index is 1.69. The standard InChI is InChI=1S/C30H20/c1-3-9-21(10-4-1)23-15-17-27-28-18-16-24(22-11-5-2-6-12-22)20-30(28)26-14-8-7-13-25(26)29(27)19-23/h1-20H. The molecule has 0 unspecified atom stereocenters. The van der Waals surface area contributed by atoms with Gasteiger partial charge in [0.25, 0.3) is 0 Å². The molecule has 0 atom stereocenters. The van der Waals surface area contributed by atoms with E-state index in [9.17, 15) is 0 Å². The smallest absolute Gasteiger partial charge is 0.00928 e. The van der Waals surface area contributed by atoms with Gasteiger partial charge in [0.2, 0.25) is 0 Å². The van der Waals surface area contributed by atoms with Crippen molar-refractivity contribution in [2.24, 2.45) is 0 Å². The van der Waals surface area contributed by atoms with Crippen LogP contribution in [0.4, 0.5) is 0 Å². The number of fused-ring (bicyclic) bond motifs is 6. The van der Waals surface area contributed by atoms with Gasteiger partial charge in [0, 0.05) is 0 Å². The SMILES string of the molecule is c1ccc(-c2ccc3c4ccc(-c5ccccc5)cc4c4ccccc4c3c2)cc1. The van der Waals surface area contributed by atoms with Crippen LogP contribution in [-0.2, 0) is 0 Å². The first-order chi connectivity index (χ1) is 14.9. The molecule has 0 bridgehead atoms. The van der Waals surface area contributed by atoms with Gasteiger partial charge >= 0.3 is 0 Å². The maximum absolute atomic E-state index is 2.34. The molecule has 0 fully saturated rings. The molecule has 6 aromatic carbocycles. The minimum Gasteiger partial charge on any atom is -0.0622 e. The van der Waals surface area contributed by atoms with Crippen LogP contribution < -0.4 is 0 Å². The Morgan fingerprint density at radius 2 is 0.600 bits per heavy atom. The number of rotatable bonds is 2. The monoisotopic (exact) mass is 380 g/mol. The van der Waals surface area contributed by atoms with Crippen LogP contribution in [-0.4, -0.2) is 0 Å². The van der Waals surface area contributed by atoms with Crippen LogP contribution in [0.1, 0.15) is 0 Å². The molecule has 0 aliphatic rings. The Hall–Kier alpha value is -3.90. The second-order valence-corrected chi connectivity index (χ2v) is 7.80. The molecule has 0 nitrogen and oxygen atoms in total. The molecule has 0 saturated heterocycles. The molecular formula is C30H20. The zero-order valence-electron chi connectivity index (χ0n) is 16.5. The molecule has 0 aliphatic carbocycles. The van der Waals surface area contributed by atoms with Crippen molar-refractivity contribution in [1.29, 1.82) is 0 Å². The maximum Gasteiger partial charge on any atom is -0.00928 e. The quantitative estimate of drug-likeness (QED) is 0.264. The van der Waals surface area contributed by atoms with E-state index < -0.39 is 0 Å². The van der Waals surface area contributed by atoms with Crippen molar-refractivity contribution in [3.63, 3.8) is 0 Å². The highest BCUT2D eigenvalue weighted by Gasteiger charge is 2.11. The lowest BCUT2D eigenvalue weighted by Crippen LogP contribution is -1.86. The first-order valence-corrected chi connectivity index (χ1v) is 10.4. The van der Waals surface area contributed by atoms with Crippen LogP contribution in [0.25, 0.3) is 54.6 Å². The molecule has 30 heavy (non-hydrogen) atoms. The summed E-state index contributed by atoms with van der Waals surface area (Å²) in [7, 11) is 0. The van der Waals surface area contributed by atoms with E-state index >= 15 is 0 Å². The summed E-state index contributed by atoms with van der Waals surface area (Å²) in [6.07, 6.45) is 0. The lowest BCUT2D eigenvalue weighted by atomic mass is 9.90. The van der Waals surface area contributed by atoms with Crippen LogP contribution in [0.2, 0.25) is 0 Å². The maximum atomic E-state index is 2.34. The summed E-state index contributed by atoms with van der Waals surface area (Å²) in [5.41, 5.74) is 5.02. The number of hydrogen-bond acceptors (Lipinski definition) is 0. The summed E-state index contributed by atoms with van der Waals surface area (Å²) in [4.78, 5) is 0. The predicted octanol–water partition coefficient (Wildman–Crippen LogP) is 8.48. The van der Waals surface area contributed by atoms with Gasteiger partial charge in [-0.2, -0.15) is 0 Å². The van der Waals surface area contributed by atoms with Gasteiger partial charge in [-0.1, -0.05) is 109 Å². The average Bonchev–Trinajstić information content (AvgIpc) is 2.85. The van der Waals surface area contributed by atoms with Gasteiger partial charge in [-0.05, 0) is 66.7 Å². The van der Waals surface area contributed by atoms with Crippen molar-refractivity contribution in [1.82, 2.24) is 0 Å². The minimum absolute atomic E-state index is 1.25. The Kier molecular flexibility index (Phi) is 3.89. The molecule has 0 aromatic heterocycles. The van der Waals surface area contributed by atoms with Crippen molar-refractivity contribution in [2.75, 3.05) is 0 Å². The normalized spacial score (nSPS) is 11.3. The van der Waals surface area contributed by atoms with Gasteiger partial charge in [-0.25, -0.2) is 0 Å². The van der Waals surface area contributed by atoms with E-state index in [2.05, 4.69) is 121 Å². The van der Waals surface area contributed by atoms with Crippen LogP contribution >= 0.6 is 0 Å². The van der Waals surface area contributed by atoms with E-state index in [1.807, 2.05) is 0 Å². The van der Waals surface area contributed by atoms with Crippen molar-refractivity contribution in [2.45, 2.75) is 0 Å². The fourth-order valence-corrected chi connectivity index (χ4v) is 4.58. The van der Waals surface area contributed by atoms with Gasteiger partial charge in [0.15, 0.2) is 0 Å². The summed E-state index contributed by atoms with van der Waals surface area (Å²) in [6.45, 7) is 0. The Bertz CT molecular complexity index is 1370. The second-order valence-electron chi connectivity index (χ2n) is 7.80. The number of hydrogen-bond donors (Lipinski definition) is 0. The van der Waals surface area contributed by atoms with Crippen LogP contribution in [0, 0.1) is 0 Å². The third-order valence-electron chi connectivity index (χ3n) is 6.05. The number of benzene rings is 6. The summed E-state index contributed by atoms with van der Waals surface area (Å²) >= 11 is 0. The molecule has 0 heteroatoms. The lowest BCUT2D eigenvalue weighted by Gasteiger charge is -2.13. The first kappa shape index (κ1) is 17.0. The third kappa shape index (κ3) is 2.69. The molecule has 0 heterocycles. The fraction of sp³-hybridized carbons (Fsp3) is 0. The highest BCUT2D eigenvalue weighted by Crippen LogP contribution is 2.38.